The van der Waals surface area contributed by atoms with Crippen molar-refractivity contribution in [2.24, 2.45) is 23.7 Å². The maximum atomic E-state index is 2.58. The van der Waals surface area contributed by atoms with Crippen molar-refractivity contribution >= 4 is 8.07 Å². The molecule has 1 saturated heterocycles. The third kappa shape index (κ3) is 0.733. The molecule has 0 aromatic heterocycles. The van der Waals surface area contributed by atoms with Crippen LogP contribution in [0.4, 0.5) is 0 Å². The molecule has 0 bridgehead atoms. The number of rotatable bonds is 0. The lowest BCUT2D eigenvalue weighted by Crippen LogP contribution is -2.54. The minimum Gasteiger partial charge on any atom is -0.0625 e. The molecule has 0 radical (unpaired) electrons. The van der Waals surface area contributed by atoms with Crippen molar-refractivity contribution in [3.8, 4) is 0 Å². The topological polar surface area (TPSA) is 0 Å². The van der Waals surface area contributed by atoms with Gasteiger partial charge < -0.3 is 0 Å². The van der Waals surface area contributed by atoms with E-state index in [1.165, 1.54) is 34.8 Å². The van der Waals surface area contributed by atoms with Crippen molar-refractivity contribution in [2.75, 3.05) is 0 Å². The van der Waals surface area contributed by atoms with Crippen molar-refractivity contribution in [1.82, 2.24) is 0 Å². The first-order valence-corrected chi connectivity index (χ1v) is 9.38. The van der Waals surface area contributed by atoms with Crippen LogP contribution in [0.25, 0.3) is 0 Å². The minimum atomic E-state index is -1.11. The van der Waals surface area contributed by atoms with Gasteiger partial charge in [0.2, 0.25) is 0 Å². The van der Waals surface area contributed by atoms with E-state index in [4.69, 9.17) is 0 Å². The fourth-order valence-corrected chi connectivity index (χ4v) is 18.1. The highest BCUT2D eigenvalue weighted by molar-refractivity contribution is 6.90. The third-order valence-corrected chi connectivity index (χ3v) is 15.7. The van der Waals surface area contributed by atoms with E-state index in [2.05, 4.69) is 41.5 Å². The minimum absolute atomic E-state index is 0.636. The van der Waals surface area contributed by atoms with Gasteiger partial charge in [0.15, 0.2) is 0 Å². The van der Waals surface area contributed by atoms with E-state index in [0.717, 1.165) is 0 Å². The van der Waals surface area contributed by atoms with Gasteiger partial charge in [-0.2, -0.15) is 0 Å². The molecule has 6 unspecified atom stereocenters. The number of hydrogen-bond donors (Lipinski definition) is 0. The largest absolute Gasteiger partial charge is 0.0717 e. The lowest BCUT2D eigenvalue weighted by molar-refractivity contribution is 0.542. The van der Waals surface area contributed by atoms with Crippen LogP contribution in [0.2, 0.25) is 21.2 Å². The summed E-state index contributed by atoms with van der Waals surface area (Å²) in [7, 11) is -1.11. The van der Waals surface area contributed by atoms with Gasteiger partial charge in [-0.15, -0.1) is 0 Å². The summed E-state index contributed by atoms with van der Waals surface area (Å²) in [4.78, 5) is 0. The van der Waals surface area contributed by atoms with Gasteiger partial charge in [0.25, 0.3) is 0 Å². The predicted octanol–water partition coefficient (Wildman–Crippen LogP) is 4.69. The highest BCUT2D eigenvalue weighted by Crippen LogP contribution is 2.97. The Morgan fingerprint density at radius 2 is 1.12 bits per heavy atom. The van der Waals surface area contributed by atoms with E-state index in [0.29, 0.717) is 10.1 Å². The zero-order valence-electron chi connectivity index (χ0n) is 11.7. The zero-order chi connectivity index (χ0) is 11.7. The summed E-state index contributed by atoms with van der Waals surface area (Å²) >= 11 is 0. The van der Waals surface area contributed by atoms with Crippen LogP contribution in [0, 0.1) is 23.7 Å². The molecular weight excluding hydrogens is 208 g/mol. The standard InChI is InChI=1S/C15H26Si/c1-14(2,3)16(15(4,5)6)12-8-7-9-11(10(8)12)13(9)16/h8-13H,7H2,1-6H3. The Hall–Kier alpha value is 0.217. The molecule has 6 atom stereocenters. The quantitative estimate of drug-likeness (QED) is 0.534. The van der Waals surface area contributed by atoms with Crippen molar-refractivity contribution in [3.05, 3.63) is 0 Å². The first-order valence-electron chi connectivity index (χ1n) is 7.23. The Morgan fingerprint density at radius 1 is 0.750 bits per heavy atom. The van der Waals surface area contributed by atoms with Crippen LogP contribution in [0.3, 0.4) is 0 Å². The van der Waals surface area contributed by atoms with Crippen LogP contribution >= 0.6 is 0 Å². The van der Waals surface area contributed by atoms with E-state index < -0.39 is 8.07 Å². The molecule has 1 heteroatoms. The molecule has 90 valence electrons. The van der Waals surface area contributed by atoms with Crippen LogP contribution in [0.5, 0.6) is 0 Å². The van der Waals surface area contributed by atoms with Crippen molar-refractivity contribution in [3.63, 3.8) is 0 Å². The van der Waals surface area contributed by atoms with E-state index in [1.54, 1.807) is 6.42 Å². The third-order valence-electron chi connectivity index (χ3n) is 6.98. The second-order valence-corrected chi connectivity index (χ2v) is 15.2. The molecule has 0 N–H and O–H groups in total. The molecule has 3 aliphatic carbocycles. The maximum absolute atomic E-state index is 2.58. The van der Waals surface area contributed by atoms with Gasteiger partial charge in [-0.05, 0) is 51.3 Å². The summed E-state index contributed by atoms with van der Waals surface area (Å²) in [5.74, 6) is 4.90. The molecule has 1 heterocycles. The first-order chi connectivity index (χ1) is 7.23. The van der Waals surface area contributed by atoms with Crippen LogP contribution in [0.15, 0.2) is 0 Å². The lowest BCUT2D eigenvalue weighted by atomic mass is 10.2. The SMILES string of the molecule is CC(C)(C)[Si]1(C(C)(C)C)C2C3CC4C(C32)C41. The Bertz CT molecular complexity index is 334. The monoisotopic (exact) mass is 234 g/mol. The molecule has 16 heavy (non-hydrogen) atoms. The van der Waals surface area contributed by atoms with Crippen LogP contribution in [0.1, 0.15) is 48.0 Å². The van der Waals surface area contributed by atoms with Gasteiger partial charge in [0.1, 0.15) is 0 Å². The maximum Gasteiger partial charge on any atom is 0.0717 e. The summed E-state index contributed by atoms with van der Waals surface area (Å²) in [6.45, 7) is 15.5. The Morgan fingerprint density at radius 3 is 1.31 bits per heavy atom. The Labute approximate surface area is 101 Å². The van der Waals surface area contributed by atoms with E-state index in [-0.39, 0.29) is 0 Å². The molecule has 4 fully saturated rings. The van der Waals surface area contributed by atoms with E-state index in [1.807, 2.05) is 0 Å². The van der Waals surface area contributed by atoms with Crippen LogP contribution in [-0.2, 0) is 0 Å². The van der Waals surface area contributed by atoms with Crippen LogP contribution in [-0.4, -0.2) is 8.07 Å². The Balaban J connectivity index is 1.89. The second-order valence-electron chi connectivity index (χ2n) is 9.14. The summed E-state index contributed by atoms with van der Waals surface area (Å²) in [6.07, 6.45) is 1.64. The lowest BCUT2D eigenvalue weighted by Gasteiger charge is -2.54. The summed E-state index contributed by atoms with van der Waals surface area (Å²) < 4.78 is 0. The summed E-state index contributed by atoms with van der Waals surface area (Å²) in [6, 6.07) is 0. The van der Waals surface area contributed by atoms with Crippen molar-refractivity contribution in [1.29, 1.82) is 0 Å². The van der Waals surface area contributed by atoms with E-state index in [9.17, 15) is 0 Å². The van der Waals surface area contributed by atoms with E-state index >= 15 is 0 Å². The average molecular weight is 234 g/mol. The van der Waals surface area contributed by atoms with Crippen molar-refractivity contribution in [2.45, 2.75) is 69.1 Å². The molecular formula is C15H26Si. The molecule has 4 aliphatic rings. The Kier molecular flexibility index (Phi) is 1.41. The molecule has 3 saturated carbocycles. The highest BCUT2D eigenvalue weighted by atomic mass is 28.3. The fourth-order valence-electron chi connectivity index (χ4n) is 7.40. The summed E-state index contributed by atoms with van der Waals surface area (Å²) in [5.41, 5.74) is 2.49. The predicted molar refractivity (Wildman–Crippen MR) is 71.3 cm³/mol. The number of hydrogen-bond acceptors (Lipinski definition) is 0. The molecule has 0 amide bonds. The molecule has 0 aromatic rings. The van der Waals surface area contributed by atoms with Gasteiger partial charge >= 0.3 is 0 Å². The molecule has 0 aromatic carbocycles. The fraction of sp³-hybridized carbons (Fsp3) is 1.00. The normalized spacial score (nSPS) is 55.1. The smallest absolute Gasteiger partial charge is 0.0625 e. The second kappa shape index (κ2) is 2.22. The first kappa shape index (κ1) is 10.2. The molecule has 0 spiro atoms. The van der Waals surface area contributed by atoms with Gasteiger partial charge in [-0.25, -0.2) is 0 Å². The summed E-state index contributed by atoms with van der Waals surface area (Å²) in [5, 5.41) is 1.27. The highest BCUT2D eigenvalue weighted by Gasteiger charge is 2.91. The number of fused-ring (bicyclic) bond motifs is 2. The molecule has 1 aliphatic heterocycles. The zero-order valence-corrected chi connectivity index (χ0v) is 12.7. The molecule has 0 nitrogen and oxygen atoms in total. The van der Waals surface area contributed by atoms with Crippen molar-refractivity contribution < 1.29 is 0 Å². The van der Waals surface area contributed by atoms with Gasteiger partial charge in [0, 0.05) is 0 Å². The average Bonchev–Trinajstić information content (AvgIpc) is 2.87. The van der Waals surface area contributed by atoms with Gasteiger partial charge in [0.05, 0.1) is 8.07 Å². The van der Waals surface area contributed by atoms with Gasteiger partial charge in [-0.3, -0.25) is 0 Å². The van der Waals surface area contributed by atoms with Gasteiger partial charge in [-0.1, -0.05) is 41.5 Å². The molecule has 4 rings (SSSR count). The van der Waals surface area contributed by atoms with Crippen LogP contribution < -0.4 is 0 Å².